The zero-order chi connectivity index (χ0) is 24.5. The number of piperazine rings is 1. The first kappa shape index (κ1) is 23.9. The molecule has 0 saturated carbocycles. The first-order valence-electron chi connectivity index (χ1n) is 10.7. The number of hydrogen-bond donors (Lipinski definition) is 0. The van der Waals surface area contributed by atoms with Crippen LogP contribution in [0.3, 0.4) is 0 Å². The van der Waals surface area contributed by atoms with Crippen LogP contribution in [0.15, 0.2) is 43.0 Å². The minimum atomic E-state index is -4.54. The molecule has 1 amide bonds. The predicted octanol–water partition coefficient (Wildman–Crippen LogP) is 4.58. The topological polar surface area (TPSA) is 75.1 Å². The summed E-state index contributed by atoms with van der Waals surface area (Å²) < 4.78 is 38.9. The van der Waals surface area contributed by atoms with Gasteiger partial charge >= 0.3 is 6.18 Å². The molecule has 1 saturated heterocycles. The molecule has 4 heterocycles. The van der Waals surface area contributed by atoms with Crippen LogP contribution in [0.1, 0.15) is 19.5 Å². The van der Waals surface area contributed by atoms with Gasteiger partial charge in [0.2, 0.25) is 5.91 Å². The second-order valence-corrected chi connectivity index (χ2v) is 8.59. The van der Waals surface area contributed by atoms with Crippen LogP contribution in [0, 0.1) is 5.92 Å². The maximum absolute atomic E-state index is 13.0. The quantitative estimate of drug-likeness (QED) is 0.533. The van der Waals surface area contributed by atoms with Gasteiger partial charge in [-0.25, -0.2) is 4.98 Å². The molecule has 11 heteroatoms. The lowest BCUT2D eigenvalue weighted by molar-refractivity contribution is -0.141. The van der Waals surface area contributed by atoms with Gasteiger partial charge in [-0.3, -0.25) is 19.7 Å². The molecule has 7 nitrogen and oxygen atoms in total. The number of halogens is 4. The number of anilines is 1. The molecule has 0 unspecified atom stereocenters. The van der Waals surface area contributed by atoms with Crippen LogP contribution in [0.5, 0.6) is 0 Å². The highest BCUT2D eigenvalue weighted by molar-refractivity contribution is 6.33. The normalized spacial score (nSPS) is 14.6. The van der Waals surface area contributed by atoms with Gasteiger partial charge < -0.3 is 9.80 Å². The predicted molar refractivity (Wildman–Crippen MR) is 122 cm³/mol. The van der Waals surface area contributed by atoms with E-state index in [1.807, 2.05) is 23.6 Å². The molecule has 0 bridgehead atoms. The molecule has 0 atom stereocenters. The number of hydrogen-bond acceptors (Lipinski definition) is 6. The summed E-state index contributed by atoms with van der Waals surface area (Å²) in [7, 11) is 0. The van der Waals surface area contributed by atoms with E-state index in [4.69, 9.17) is 16.6 Å². The molecule has 0 radical (unpaired) electrons. The molecular formula is C23H22ClF3N6O. The van der Waals surface area contributed by atoms with E-state index in [0.717, 1.165) is 12.3 Å². The number of rotatable bonds is 4. The van der Waals surface area contributed by atoms with E-state index in [0.29, 0.717) is 59.5 Å². The van der Waals surface area contributed by atoms with E-state index in [1.165, 1.54) is 12.3 Å². The fourth-order valence-corrected chi connectivity index (χ4v) is 3.93. The number of aromatic nitrogens is 4. The zero-order valence-electron chi connectivity index (χ0n) is 18.6. The van der Waals surface area contributed by atoms with Crippen LogP contribution in [-0.2, 0) is 11.0 Å². The summed E-state index contributed by atoms with van der Waals surface area (Å²) in [5.74, 6) is 0.631. The number of alkyl halides is 3. The Bertz CT molecular complexity index is 1180. The molecule has 1 aliphatic heterocycles. The van der Waals surface area contributed by atoms with Gasteiger partial charge in [-0.2, -0.15) is 13.2 Å². The summed E-state index contributed by atoms with van der Waals surface area (Å²) in [5, 5.41) is 0.336. The Balaban J connectivity index is 1.69. The Kier molecular flexibility index (Phi) is 6.70. The lowest BCUT2D eigenvalue weighted by Crippen LogP contribution is -2.50. The highest BCUT2D eigenvalue weighted by Crippen LogP contribution is 2.35. The van der Waals surface area contributed by atoms with E-state index in [9.17, 15) is 18.0 Å². The average molecular weight is 491 g/mol. The van der Waals surface area contributed by atoms with Crippen molar-refractivity contribution in [1.82, 2.24) is 24.8 Å². The highest BCUT2D eigenvalue weighted by Gasteiger charge is 2.32. The summed E-state index contributed by atoms with van der Waals surface area (Å²) in [4.78, 5) is 33.0. The molecule has 178 valence electrons. The minimum Gasteiger partial charge on any atom is -0.352 e. The minimum absolute atomic E-state index is 0.0663. The number of amides is 1. The van der Waals surface area contributed by atoms with Crippen LogP contribution in [0.2, 0.25) is 5.02 Å². The molecule has 3 aromatic heterocycles. The standard InChI is InChI=1S/C23H22ClF3N6O/c1-14(2)22(34)33-9-7-32(8-10-33)19-13-30-20(15-3-4-18(29-11-15)23(25,26)27)21(31-19)16-5-6-28-12-17(16)24/h3-6,11-14H,7-10H2,1-2H3. The summed E-state index contributed by atoms with van der Waals surface area (Å²) >= 11 is 6.37. The molecule has 0 aromatic carbocycles. The van der Waals surface area contributed by atoms with E-state index >= 15 is 0 Å². The van der Waals surface area contributed by atoms with Crippen molar-refractivity contribution in [2.75, 3.05) is 31.1 Å². The van der Waals surface area contributed by atoms with Gasteiger partial charge in [-0.15, -0.1) is 0 Å². The van der Waals surface area contributed by atoms with Crippen molar-refractivity contribution < 1.29 is 18.0 Å². The van der Waals surface area contributed by atoms with Crippen LogP contribution in [0.4, 0.5) is 19.0 Å². The third-order valence-electron chi connectivity index (χ3n) is 5.52. The fourth-order valence-electron chi connectivity index (χ4n) is 3.72. The Labute approximate surface area is 199 Å². The first-order chi connectivity index (χ1) is 16.1. The second kappa shape index (κ2) is 9.54. The number of carbonyl (C=O) groups is 1. The zero-order valence-corrected chi connectivity index (χ0v) is 19.3. The largest absolute Gasteiger partial charge is 0.433 e. The van der Waals surface area contributed by atoms with Crippen molar-refractivity contribution in [1.29, 1.82) is 0 Å². The Hall–Kier alpha value is -3.27. The Morgan fingerprint density at radius 2 is 1.74 bits per heavy atom. The van der Waals surface area contributed by atoms with Crippen molar-refractivity contribution in [3.8, 4) is 22.5 Å². The van der Waals surface area contributed by atoms with Gasteiger partial charge in [0.1, 0.15) is 17.2 Å². The molecule has 3 aromatic rings. The molecular weight excluding hydrogens is 469 g/mol. The fraction of sp³-hybridized carbons (Fsp3) is 0.348. The summed E-state index contributed by atoms with van der Waals surface area (Å²) in [6.07, 6.45) is 1.19. The number of carbonyl (C=O) groups excluding carboxylic acids is 1. The number of nitrogens with zero attached hydrogens (tertiary/aromatic N) is 6. The smallest absolute Gasteiger partial charge is 0.352 e. The van der Waals surface area contributed by atoms with Crippen LogP contribution >= 0.6 is 11.6 Å². The lowest BCUT2D eigenvalue weighted by Gasteiger charge is -2.36. The van der Waals surface area contributed by atoms with Crippen LogP contribution < -0.4 is 4.90 Å². The summed E-state index contributed by atoms with van der Waals surface area (Å²) in [6, 6.07) is 3.90. The Morgan fingerprint density at radius 1 is 1.00 bits per heavy atom. The molecule has 0 spiro atoms. The maximum atomic E-state index is 13.0. The highest BCUT2D eigenvalue weighted by atomic mass is 35.5. The Morgan fingerprint density at radius 3 is 2.32 bits per heavy atom. The summed E-state index contributed by atoms with van der Waals surface area (Å²) in [5.41, 5.74) is 0.703. The molecule has 1 aliphatic rings. The van der Waals surface area contributed by atoms with E-state index in [-0.39, 0.29) is 11.8 Å². The lowest BCUT2D eigenvalue weighted by atomic mass is 10.1. The molecule has 0 aliphatic carbocycles. The molecule has 34 heavy (non-hydrogen) atoms. The van der Waals surface area contributed by atoms with Crippen LogP contribution in [-0.4, -0.2) is 56.9 Å². The van der Waals surface area contributed by atoms with Crippen molar-refractivity contribution >= 4 is 23.3 Å². The van der Waals surface area contributed by atoms with E-state index in [1.54, 1.807) is 18.5 Å². The van der Waals surface area contributed by atoms with E-state index < -0.39 is 11.9 Å². The van der Waals surface area contributed by atoms with Crippen LogP contribution in [0.25, 0.3) is 22.5 Å². The third-order valence-corrected chi connectivity index (χ3v) is 5.83. The van der Waals surface area contributed by atoms with Gasteiger partial charge in [-0.05, 0) is 18.2 Å². The number of pyridine rings is 2. The SMILES string of the molecule is CC(C)C(=O)N1CCN(c2cnc(-c3ccc(C(F)(F)F)nc3)c(-c3ccncc3Cl)n2)CC1. The molecule has 4 rings (SSSR count). The first-order valence-corrected chi connectivity index (χ1v) is 11.1. The van der Waals surface area contributed by atoms with Crippen molar-refractivity contribution in [3.05, 3.63) is 53.7 Å². The van der Waals surface area contributed by atoms with Gasteiger partial charge in [0.25, 0.3) is 0 Å². The molecule has 1 fully saturated rings. The van der Waals surface area contributed by atoms with E-state index in [2.05, 4.69) is 15.0 Å². The third kappa shape index (κ3) is 4.96. The second-order valence-electron chi connectivity index (χ2n) is 8.18. The maximum Gasteiger partial charge on any atom is 0.433 e. The molecule has 0 N–H and O–H groups in total. The monoisotopic (exact) mass is 490 g/mol. The van der Waals surface area contributed by atoms with Crippen molar-refractivity contribution in [2.45, 2.75) is 20.0 Å². The van der Waals surface area contributed by atoms with Gasteiger partial charge in [-0.1, -0.05) is 25.4 Å². The summed E-state index contributed by atoms with van der Waals surface area (Å²) in [6.45, 7) is 6.04. The van der Waals surface area contributed by atoms with Crippen molar-refractivity contribution in [3.63, 3.8) is 0 Å². The van der Waals surface area contributed by atoms with Crippen molar-refractivity contribution in [2.24, 2.45) is 5.92 Å². The van der Waals surface area contributed by atoms with Gasteiger partial charge in [0.05, 0.1) is 16.9 Å². The van der Waals surface area contributed by atoms with Gasteiger partial charge in [0, 0.05) is 61.8 Å². The van der Waals surface area contributed by atoms with Gasteiger partial charge in [0.15, 0.2) is 0 Å². The average Bonchev–Trinajstić information content (AvgIpc) is 2.83.